The minimum atomic E-state index is -0.292. The van der Waals surface area contributed by atoms with E-state index in [1.807, 2.05) is 22.8 Å². The van der Waals surface area contributed by atoms with Crippen LogP contribution in [0.4, 0.5) is 21.9 Å². The predicted molar refractivity (Wildman–Crippen MR) is 179 cm³/mol. The van der Waals surface area contributed by atoms with Gasteiger partial charge in [-0.1, -0.05) is 49.6 Å². The first kappa shape index (κ1) is 29.9. The molecule has 2 saturated heterocycles. The number of aliphatic imine (C=N–C) groups is 1. The number of benzene rings is 2. The van der Waals surface area contributed by atoms with Gasteiger partial charge in [-0.05, 0) is 89.1 Å². The van der Waals surface area contributed by atoms with Gasteiger partial charge in [0.25, 0.3) is 0 Å². The summed E-state index contributed by atoms with van der Waals surface area (Å²) in [4.78, 5) is 28.5. The molecule has 1 atom stereocenters. The molecule has 1 saturated carbocycles. The number of piperazine rings is 1. The third-order valence-corrected chi connectivity index (χ3v) is 8.96. The van der Waals surface area contributed by atoms with Crippen molar-refractivity contribution in [3.8, 4) is 0 Å². The summed E-state index contributed by atoms with van der Waals surface area (Å²) in [5.74, 6) is 0.807. The van der Waals surface area contributed by atoms with Gasteiger partial charge in [-0.15, -0.1) is 0 Å². The van der Waals surface area contributed by atoms with Crippen LogP contribution < -0.4 is 15.1 Å². The van der Waals surface area contributed by atoms with E-state index in [1.165, 1.54) is 12.1 Å². The zero-order valence-electron chi connectivity index (χ0n) is 26.1. The number of allylic oxidation sites excluding steroid dienone is 2. The molecule has 42 heavy (non-hydrogen) atoms. The van der Waals surface area contributed by atoms with Crippen molar-refractivity contribution in [3.63, 3.8) is 0 Å². The Bertz CT molecular complexity index is 1300. The molecule has 0 radical (unpaired) electrons. The second-order valence-electron chi connectivity index (χ2n) is 12.0. The molecule has 3 fully saturated rings. The van der Waals surface area contributed by atoms with Crippen molar-refractivity contribution in [2.24, 2.45) is 4.99 Å². The third-order valence-electron chi connectivity index (χ3n) is 8.96. The average molecular weight is 571 g/mol. The number of para-hydroxylation sites is 1. The molecule has 1 unspecified atom stereocenters. The largest absolute Gasteiger partial charge is 0.369 e. The molecule has 1 aliphatic carbocycles. The fourth-order valence-electron chi connectivity index (χ4n) is 6.57. The maximum absolute atomic E-state index is 14.4. The number of nitrogens with one attached hydrogen (secondary N) is 1. The van der Waals surface area contributed by atoms with Crippen molar-refractivity contribution in [2.75, 3.05) is 54.9 Å². The van der Waals surface area contributed by atoms with Crippen molar-refractivity contribution < 1.29 is 6.22 Å². The standard InChI is InChI=1S/C35H48N6O.H2/c1-6-12-32(36-29-17-19-30(20-18-29)39-23-21-38(5)22-24-39)37-34-28(7-2)25-40(33-26(3)13-11-14-27(33)4)35(42)41(34)31-15-9-8-10-16-31;/h6-7,11-14,17-20,31-32,36H,8-10,15-16,21-25H2,1-5H3;1H/b12-6-,28-7-,37-34+;. The predicted octanol–water partition coefficient (Wildman–Crippen LogP) is 7.24. The smallest absolute Gasteiger partial charge is 0.330 e. The van der Waals surface area contributed by atoms with Crippen molar-refractivity contribution in [1.29, 1.82) is 0 Å². The van der Waals surface area contributed by atoms with Gasteiger partial charge in [0, 0.05) is 50.6 Å². The van der Waals surface area contributed by atoms with Crippen LogP contribution in [-0.2, 0) is 0 Å². The van der Waals surface area contributed by atoms with Crippen molar-refractivity contribution >= 4 is 28.9 Å². The monoisotopic (exact) mass is 570 g/mol. The lowest BCUT2D eigenvalue weighted by Gasteiger charge is -2.44. The number of hydrogen-bond acceptors (Lipinski definition) is 5. The van der Waals surface area contributed by atoms with Gasteiger partial charge in [0.05, 0.1) is 12.2 Å². The fourth-order valence-corrected chi connectivity index (χ4v) is 6.57. The first-order valence-electron chi connectivity index (χ1n) is 15.7. The molecule has 0 aromatic heterocycles. The summed E-state index contributed by atoms with van der Waals surface area (Å²) in [7, 11) is 2.18. The average Bonchev–Trinajstić information content (AvgIpc) is 2.99. The fraction of sp³-hybridized carbons (Fsp3) is 0.486. The number of nitrogens with zero attached hydrogens (tertiary/aromatic N) is 5. The third kappa shape index (κ3) is 6.57. The Morgan fingerprint density at radius 1 is 0.952 bits per heavy atom. The maximum atomic E-state index is 14.4. The van der Waals surface area contributed by atoms with Crippen LogP contribution in [0.5, 0.6) is 0 Å². The molecule has 3 aliphatic rings. The minimum absolute atomic E-state index is 0. The van der Waals surface area contributed by atoms with Crippen LogP contribution in [-0.4, -0.2) is 73.6 Å². The van der Waals surface area contributed by atoms with Crippen LogP contribution in [0.1, 0.15) is 58.5 Å². The van der Waals surface area contributed by atoms with E-state index in [0.717, 1.165) is 85.8 Å². The molecule has 5 rings (SSSR count). The highest BCUT2D eigenvalue weighted by molar-refractivity contribution is 6.16. The van der Waals surface area contributed by atoms with E-state index in [0.29, 0.717) is 6.54 Å². The lowest BCUT2D eigenvalue weighted by Crippen LogP contribution is -2.58. The van der Waals surface area contributed by atoms with Crippen molar-refractivity contribution in [1.82, 2.24) is 9.80 Å². The van der Waals surface area contributed by atoms with Crippen LogP contribution in [0, 0.1) is 13.8 Å². The van der Waals surface area contributed by atoms with Gasteiger partial charge < -0.3 is 15.1 Å². The van der Waals surface area contributed by atoms with Gasteiger partial charge in [-0.3, -0.25) is 9.80 Å². The Hall–Kier alpha value is -3.58. The van der Waals surface area contributed by atoms with Crippen LogP contribution in [0.15, 0.2) is 71.3 Å². The molecule has 7 nitrogen and oxygen atoms in total. The topological polar surface area (TPSA) is 54.4 Å². The van der Waals surface area contributed by atoms with E-state index >= 15 is 0 Å². The molecular formula is C35H50N6O. The summed E-state index contributed by atoms with van der Waals surface area (Å²) >= 11 is 0. The minimum Gasteiger partial charge on any atom is -0.369 e. The second kappa shape index (κ2) is 13.6. The lowest BCUT2D eigenvalue weighted by atomic mass is 9.92. The van der Waals surface area contributed by atoms with Gasteiger partial charge in [0.15, 0.2) is 0 Å². The van der Waals surface area contributed by atoms with Gasteiger partial charge in [-0.2, -0.15) is 0 Å². The van der Waals surface area contributed by atoms with Gasteiger partial charge in [0.1, 0.15) is 12.0 Å². The van der Waals surface area contributed by atoms with Crippen LogP contribution in [0.25, 0.3) is 0 Å². The summed E-state index contributed by atoms with van der Waals surface area (Å²) < 4.78 is 0. The number of urea groups is 1. The summed E-state index contributed by atoms with van der Waals surface area (Å²) in [6, 6.07) is 15.2. The molecule has 7 heteroatoms. The molecular weight excluding hydrogens is 520 g/mol. The van der Waals surface area contributed by atoms with Crippen LogP contribution in [0.2, 0.25) is 0 Å². The van der Waals surface area contributed by atoms with E-state index < -0.39 is 0 Å². The number of rotatable bonds is 7. The highest BCUT2D eigenvalue weighted by Crippen LogP contribution is 2.34. The zero-order chi connectivity index (χ0) is 29.6. The first-order chi connectivity index (χ1) is 20.4. The lowest BCUT2D eigenvalue weighted by molar-refractivity contribution is 0.199. The summed E-state index contributed by atoms with van der Waals surface area (Å²) in [5, 5.41) is 3.63. The molecule has 2 aromatic carbocycles. The summed E-state index contributed by atoms with van der Waals surface area (Å²) in [6.45, 7) is 13.1. The van der Waals surface area contributed by atoms with E-state index in [9.17, 15) is 4.79 Å². The van der Waals surface area contributed by atoms with Crippen LogP contribution >= 0.6 is 0 Å². The van der Waals surface area contributed by atoms with Gasteiger partial charge >= 0.3 is 6.03 Å². The highest BCUT2D eigenvalue weighted by atomic mass is 16.2. The molecule has 0 spiro atoms. The Kier molecular flexibility index (Phi) is 9.68. The molecule has 2 aliphatic heterocycles. The zero-order valence-corrected chi connectivity index (χ0v) is 26.1. The van der Waals surface area contributed by atoms with Crippen molar-refractivity contribution in [2.45, 2.75) is 72.0 Å². The number of amides is 2. The Morgan fingerprint density at radius 2 is 1.62 bits per heavy atom. The Balaban J connectivity index is 0.00000423. The maximum Gasteiger partial charge on any atom is 0.330 e. The van der Waals surface area contributed by atoms with E-state index in [-0.39, 0.29) is 19.7 Å². The molecule has 1 N–H and O–H groups in total. The normalized spacial score (nSPS) is 22.0. The van der Waals surface area contributed by atoms with Crippen molar-refractivity contribution in [3.05, 3.63) is 77.4 Å². The van der Waals surface area contributed by atoms with E-state index in [4.69, 9.17) is 4.99 Å². The molecule has 0 bridgehead atoms. The first-order valence-corrected chi connectivity index (χ1v) is 15.7. The number of amidine groups is 1. The number of anilines is 3. The number of carbonyl (C=O) groups is 1. The van der Waals surface area contributed by atoms with Gasteiger partial charge in [0.2, 0.25) is 0 Å². The molecule has 2 heterocycles. The molecule has 2 aromatic rings. The molecule has 226 valence electrons. The number of aryl methyl sites for hydroxylation is 2. The number of carbonyl (C=O) groups excluding carboxylic acids is 1. The van der Waals surface area contributed by atoms with Crippen LogP contribution in [0.3, 0.4) is 0 Å². The summed E-state index contributed by atoms with van der Waals surface area (Å²) in [5.41, 5.74) is 6.62. The van der Waals surface area contributed by atoms with E-state index in [2.05, 4.69) is 97.6 Å². The Labute approximate surface area is 254 Å². The van der Waals surface area contributed by atoms with E-state index in [1.54, 1.807) is 0 Å². The number of hydrogen-bond donors (Lipinski definition) is 1. The van der Waals surface area contributed by atoms with Gasteiger partial charge in [-0.25, -0.2) is 9.79 Å². The second-order valence-corrected chi connectivity index (χ2v) is 12.0. The highest BCUT2D eigenvalue weighted by Gasteiger charge is 2.40. The SMILES string of the molecule is C/C=C\C(/N=C1\C(=C/C)CN(c2c(C)cccc2C)C(=O)N1C1CCCCC1)Nc1ccc(N2CCN(C)CC2)cc1.[HH]. The quantitative estimate of drug-likeness (QED) is 0.357. The Morgan fingerprint density at radius 3 is 2.24 bits per heavy atom. The summed E-state index contributed by atoms with van der Waals surface area (Å²) in [6.07, 6.45) is 11.5. The number of likely N-dealkylation sites (N-methyl/N-ethyl adjacent to an activating group) is 1. The molecule has 2 amide bonds.